The second kappa shape index (κ2) is 13.0. The van der Waals surface area contributed by atoms with E-state index in [2.05, 4.69) is 5.32 Å². The van der Waals surface area contributed by atoms with E-state index in [0.29, 0.717) is 12.2 Å². The van der Waals surface area contributed by atoms with Crippen LogP contribution in [0.3, 0.4) is 0 Å². The number of hydrogen-bond acceptors (Lipinski definition) is 7. The fourth-order valence-electron chi connectivity index (χ4n) is 3.05. The minimum Gasteiger partial charge on any atom is -0.497 e. The molecule has 1 unspecified atom stereocenters. The molecule has 0 spiro atoms. The standard InChI is InChI=1S/C25H29NO7/c1-4-32-25(30)22(26-23(28)14-9-18-5-10-20(31-3)11-6-18)16-19-7-12-21(13-8-19)33-24(29)15-17(2)27/h5-8,10-13,22H,4,9,14-16H2,1-3H3,(H,26,28). The van der Waals surface area contributed by atoms with Crippen LogP contribution in [-0.4, -0.2) is 43.4 Å². The maximum Gasteiger partial charge on any atom is 0.328 e. The van der Waals surface area contributed by atoms with Gasteiger partial charge in [-0.15, -0.1) is 0 Å². The topological polar surface area (TPSA) is 108 Å². The highest BCUT2D eigenvalue weighted by Crippen LogP contribution is 2.16. The smallest absolute Gasteiger partial charge is 0.328 e. The normalized spacial score (nSPS) is 11.2. The van der Waals surface area contributed by atoms with Crippen LogP contribution in [-0.2, 0) is 36.8 Å². The number of nitrogens with one attached hydrogen (secondary N) is 1. The third-order valence-electron chi connectivity index (χ3n) is 4.69. The molecule has 0 aliphatic carbocycles. The Morgan fingerprint density at radius 2 is 1.52 bits per heavy atom. The summed E-state index contributed by atoms with van der Waals surface area (Å²) in [7, 11) is 1.59. The molecule has 8 heteroatoms. The van der Waals surface area contributed by atoms with Crippen LogP contribution < -0.4 is 14.8 Å². The molecule has 0 bridgehead atoms. The number of amides is 1. The summed E-state index contributed by atoms with van der Waals surface area (Å²) in [5, 5.41) is 2.75. The van der Waals surface area contributed by atoms with Crippen LogP contribution >= 0.6 is 0 Å². The van der Waals surface area contributed by atoms with Gasteiger partial charge in [0.15, 0.2) is 0 Å². The van der Waals surface area contributed by atoms with Crippen LogP contribution in [0.2, 0.25) is 0 Å². The molecule has 1 atom stereocenters. The monoisotopic (exact) mass is 455 g/mol. The molecule has 1 amide bonds. The highest BCUT2D eigenvalue weighted by molar-refractivity contribution is 5.94. The Morgan fingerprint density at radius 3 is 2.09 bits per heavy atom. The third kappa shape index (κ3) is 9.14. The van der Waals surface area contributed by atoms with Crippen molar-refractivity contribution in [3.8, 4) is 11.5 Å². The average Bonchev–Trinajstić information content (AvgIpc) is 2.78. The molecule has 0 saturated carbocycles. The molecule has 1 N–H and O–H groups in total. The number of carbonyl (C=O) groups excluding carboxylic acids is 4. The molecule has 33 heavy (non-hydrogen) atoms. The second-order valence-electron chi connectivity index (χ2n) is 7.42. The van der Waals surface area contributed by atoms with Crippen molar-refractivity contribution in [1.82, 2.24) is 5.32 Å². The van der Waals surface area contributed by atoms with Crippen LogP contribution in [0.1, 0.15) is 37.8 Å². The molecule has 0 saturated heterocycles. The quantitative estimate of drug-likeness (QED) is 0.298. The predicted molar refractivity (Wildman–Crippen MR) is 121 cm³/mol. The maximum absolute atomic E-state index is 12.5. The Balaban J connectivity index is 1.96. The van der Waals surface area contributed by atoms with Crippen LogP contribution in [0.4, 0.5) is 0 Å². The fourth-order valence-corrected chi connectivity index (χ4v) is 3.05. The Hall–Kier alpha value is -3.68. The van der Waals surface area contributed by atoms with Gasteiger partial charge in [0.05, 0.1) is 13.7 Å². The summed E-state index contributed by atoms with van der Waals surface area (Å²) < 4.78 is 15.3. The first-order chi connectivity index (χ1) is 15.8. The van der Waals surface area contributed by atoms with Crippen LogP contribution in [0.15, 0.2) is 48.5 Å². The maximum atomic E-state index is 12.5. The number of esters is 2. The first-order valence-electron chi connectivity index (χ1n) is 10.7. The van der Waals surface area contributed by atoms with E-state index in [1.54, 1.807) is 38.3 Å². The van der Waals surface area contributed by atoms with Crippen molar-refractivity contribution in [3.05, 3.63) is 59.7 Å². The molecule has 2 aromatic carbocycles. The van der Waals surface area contributed by atoms with Gasteiger partial charge in [-0.3, -0.25) is 14.4 Å². The lowest BCUT2D eigenvalue weighted by Gasteiger charge is -2.18. The zero-order valence-corrected chi connectivity index (χ0v) is 19.1. The number of methoxy groups -OCH3 is 1. The van der Waals surface area contributed by atoms with Crippen molar-refractivity contribution in [2.24, 2.45) is 0 Å². The number of Topliss-reactive ketones (excluding diaryl/α,β-unsaturated/α-hetero) is 1. The SMILES string of the molecule is CCOC(=O)C(Cc1ccc(OC(=O)CC(C)=O)cc1)NC(=O)CCc1ccc(OC)cc1. The Morgan fingerprint density at radius 1 is 0.909 bits per heavy atom. The van der Waals surface area contributed by atoms with Crippen molar-refractivity contribution in [2.45, 2.75) is 45.6 Å². The molecule has 0 radical (unpaired) electrons. The summed E-state index contributed by atoms with van der Waals surface area (Å²) in [5.74, 6) is -0.669. The summed E-state index contributed by atoms with van der Waals surface area (Å²) in [6.07, 6.45) is 0.656. The van der Waals surface area contributed by atoms with Gasteiger partial charge >= 0.3 is 11.9 Å². The largest absolute Gasteiger partial charge is 0.497 e. The molecule has 0 aliphatic rings. The van der Waals surface area contributed by atoms with Gasteiger partial charge in [-0.2, -0.15) is 0 Å². The first-order valence-corrected chi connectivity index (χ1v) is 10.7. The average molecular weight is 456 g/mol. The zero-order valence-electron chi connectivity index (χ0n) is 19.1. The van der Waals surface area contributed by atoms with Crippen LogP contribution in [0.5, 0.6) is 11.5 Å². The van der Waals surface area contributed by atoms with Crippen molar-refractivity contribution in [3.63, 3.8) is 0 Å². The second-order valence-corrected chi connectivity index (χ2v) is 7.42. The van der Waals surface area contributed by atoms with Crippen molar-refractivity contribution in [2.75, 3.05) is 13.7 Å². The predicted octanol–water partition coefficient (Wildman–Crippen LogP) is 2.80. The Bertz CT molecular complexity index is 952. The molecule has 2 rings (SSSR count). The highest BCUT2D eigenvalue weighted by atomic mass is 16.5. The molecule has 0 fully saturated rings. The fraction of sp³-hybridized carbons (Fsp3) is 0.360. The van der Waals surface area contributed by atoms with E-state index in [1.807, 2.05) is 24.3 Å². The number of benzene rings is 2. The molecule has 176 valence electrons. The van der Waals surface area contributed by atoms with Gasteiger partial charge in [-0.05, 0) is 55.7 Å². The van der Waals surface area contributed by atoms with Crippen molar-refractivity contribution in [1.29, 1.82) is 0 Å². The highest BCUT2D eigenvalue weighted by Gasteiger charge is 2.22. The molecular weight excluding hydrogens is 426 g/mol. The summed E-state index contributed by atoms with van der Waals surface area (Å²) in [6.45, 7) is 3.21. The lowest BCUT2D eigenvalue weighted by atomic mass is 10.0. The third-order valence-corrected chi connectivity index (χ3v) is 4.69. The van der Waals surface area contributed by atoms with Gasteiger partial charge in [0.2, 0.25) is 5.91 Å². The first kappa shape index (κ1) is 25.6. The van der Waals surface area contributed by atoms with Gasteiger partial charge in [0.1, 0.15) is 29.7 Å². The van der Waals surface area contributed by atoms with Crippen LogP contribution in [0, 0.1) is 0 Å². The van der Waals surface area contributed by atoms with E-state index in [1.165, 1.54) is 6.92 Å². The summed E-state index contributed by atoms with van der Waals surface area (Å²) in [6, 6.07) is 13.1. The van der Waals surface area contributed by atoms with E-state index in [0.717, 1.165) is 16.9 Å². The number of hydrogen-bond donors (Lipinski definition) is 1. The lowest BCUT2D eigenvalue weighted by molar-refractivity contribution is -0.147. The van der Waals surface area contributed by atoms with E-state index < -0.39 is 18.0 Å². The van der Waals surface area contributed by atoms with Crippen LogP contribution in [0.25, 0.3) is 0 Å². The minimum absolute atomic E-state index is 0.197. The number of ketones is 1. The summed E-state index contributed by atoms with van der Waals surface area (Å²) in [4.78, 5) is 47.5. The molecule has 0 aromatic heterocycles. The van der Waals surface area contributed by atoms with Crippen molar-refractivity contribution < 1.29 is 33.4 Å². The van der Waals surface area contributed by atoms with Crippen molar-refractivity contribution >= 4 is 23.6 Å². The lowest BCUT2D eigenvalue weighted by Crippen LogP contribution is -2.43. The zero-order chi connectivity index (χ0) is 24.2. The molecule has 8 nitrogen and oxygen atoms in total. The van der Waals surface area contributed by atoms with Gasteiger partial charge < -0.3 is 19.5 Å². The number of aryl methyl sites for hydroxylation is 1. The van der Waals surface area contributed by atoms with Gasteiger partial charge in [0, 0.05) is 12.8 Å². The number of carbonyl (C=O) groups is 4. The summed E-state index contributed by atoms with van der Waals surface area (Å²) in [5.41, 5.74) is 1.73. The summed E-state index contributed by atoms with van der Waals surface area (Å²) >= 11 is 0. The molecule has 0 heterocycles. The van der Waals surface area contributed by atoms with E-state index in [4.69, 9.17) is 14.2 Å². The van der Waals surface area contributed by atoms with Gasteiger partial charge in [-0.25, -0.2) is 4.79 Å². The number of rotatable bonds is 12. The number of ether oxygens (including phenoxy) is 3. The van der Waals surface area contributed by atoms with Gasteiger partial charge in [-0.1, -0.05) is 24.3 Å². The Labute approximate surface area is 193 Å². The Kier molecular flexibility index (Phi) is 10.1. The van der Waals surface area contributed by atoms with E-state index >= 15 is 0 Å². The molecule has 2 aromatic rings. The van der Waals surface area contributed by atoms with Gasteiger partial charge in [0.25, 0.3) is 0 Å². The van der Waals surface area contributed by atoms with E-state index in [-0.39, 0.29) is 37.6 Å². The molecule has 0 aliphatic heterocycles. The van der Waals surface area contributed by atoms with E-state index in [9.17, 15) is 19.2 Å². The minimum atomic E-state index is -0.848. The molecular formula is C25H29NO7.